The Hall–Kier alpha value is -1.37. The van der Waals surface area contributed by atoms with Gasteiger partial charge in [0.2, 0.25) is 5.69 Å². The van der Waals surface area contributed by atoms with Crippen LogP contribution in [0.25, 0.3) is 5.57 Å². The summed E-state index contributed by atoms with van der Waals surface area (Å²) in [6.07, 6.45) is 11.7. The molecule has 1 aromatic rings. The van der Waals surface area contributed by atoms with E-state index in [4.69, 9.17) is 0 Å². The summed E-state index contributed by atoms with van der Waals surface area (Å²) in [5, 5.41) is 0. The maximum Gasteiger partial charge on any atom is 0.212 e. The second-order valence-corrected chi connectivity index (χ2v) is 6.61. The zero-order valence-corrected chi connectivity index (χ0v) is 11.8. The quantitative estimate of drug-likeness (QED) is 0.673. The Bertz CT molecular complexity index is 581. The lowest BCUT2D eigenvalue weighted by Gasteiger charge is -2.31. The molecule has 98 valence electrons. The van der Waals surface area contributed by atoms with Crippen molar-refractivity contribution < 1.29 is 4.57 Å². The number of hydrogen-bond donors (Lipinski definition) is 0. The van der Waals surface area contributed by atoms with Crippen LogP contribution in [0.5, 0.6) is 0 Å². The van der Waals surface area contributed by atoms with Crippen LogP contribution in [-0.4, -0.2) is 0 Å². The summed E-state index contributed by atoms with van der Waals surface area (Å²) < 4.78 is 2.25. The van der Waals surface area contributed by atoms with Crippen molar-refractivity contribution in [2.24, 2.45) is 30.7 Å². The van der Waals surface area contributed by atoms with Crippen molar-refractivity contribution in [3.63, 3.8) is 0 Å². The minimum atomic E-state index is 0.817. The lowest BCUT2D eigenvalue weighted by molar-refractivity contribution is -0.673. The summed E-state index contributed by atoms with van der Waals surface area (Å²) in [7, 11) is 2.15. The smallest absolute Gasteiger partial charge is 0.201 e. The van der Waals surface area contributed by atoms with Crippen LogP contribution in [0.3, 0.4) is 0 Å². The van der Waals surface area contributed by atoms with Gasteiger partial charge in [0.25, 0.3) is 0 Å². The highest BCUT2D eigenvalue weighted by atomic mass is 14.9. The fourth-order valence-corrected chi connectivity index (χ4v) is 4.67. The van der Waals surface area contributed by atoms with E-state index in [-0.39, 0.29) is 0 Å². The highest BCUT2D eigenvalue weighted by Gasteiger charge is 2.47. The minimum absolute atomic E-state index is 0.817. The summed E-state index contributed by atoms with van der Waals surface area (Å²) in [6.45, 7) is 2.29. The van der Waals surface area contributed by atoms with Crippen molar-refractivity contribution in [3.8, 4) is 0 Å². The molecule has 0 aliphatic heterocycles. The van der Waals surface area contributed by atoms with Gasteiger partial charge in [-0.2, -0.15) is 0 Å². The van der Waals surface area contributed by atoms with E-state index in [1.165, 1.54) is 36.1 Å². The van der Waals surface area contributed by atoms with E-state index >= 15 is 0 Å². The minimum Gasteiger partial charge on any atom is -0.201 e. The average Bonchev–Trinajstić information content (AvgIpc) is 3.00. The van der Waals surface area contributed by atoms with Crippen molar-refractivity contribution in [1.29, 1.82) is 0 Å². The lowest BCUT2D eigenvalue weighted by Crippen LogP contribution is -2.33. The molecule has 4 unspecified atom stereocenters. The SMILES string of the molecule is CC1=CC2C3CCC(C3)C2C=C1c1cccc[n+]1C. The summed E-state index contributed by atoms with van der Waals surface area (Å²) in [4.78, 5) is 0. The molecule has 1 heteroatoms. The number of nitrogens with zero attached hydrogens (tertiary/aromatic N) is 1. The van der Waals surface area contributed by atoms with Crippen LogP contribution >= 0.6 is 0 Å². The third-order valence-electron chi connectivity index (χ3n) is 5.60. The number of pyridine rings is 1. The Balaban J connectivity index is 1.78. The van der Waals surface area contributed by atoms with E-state index in [2.05, 4.69) is 55.1 Å². The van der Waals surface area contributed by atoms with Crippen LogP contribution in [0.2, 0.25) is 0 Å². The van der Waals surface area contributed by atoms with Crippen LogP contribution < -0.4 is 4.57 Å². The molecule has 1 aromatic heterocycles. The maximum absolute atomic E-state index is 2.60. The molecule has 1 heterocycles. The molecule has 0 amide bonds. The second-order valence-electron chi connectivity index (χ2n) is 6.61. The van der Waals surface area contributed by atoms with Crippen molar-refractivity contribution in [3.05, 3.63) is 47.8 Å². The summed E-state index contributed by atoms with van der Waals surface area (Å²) in [5.74, 6) is 3.60. The molecule has 3 aliphatic rings. The van der Waals surface area contributed by atoms with Crippen molar-refractivity contribution in [2.75, 3.05) is 0 Å². The molecule has 2 saturated carbocycles. The molecule has 0 aromatic carbocycles. The molecule has 2 fully saturated rings. The molecule has 2 bridgehead atoms. The molecule has 0 radical (unpaired) electrons. The standard InChI is InChI=1S/C18H22N/c1-12-9-16-13-6-7-14(10-13)17(16)11-15(12)18-5-3-4-8-19(18)2/h3-5,8-9,11,13-14,16-17H,6-7,10H2,1-2H3/q+1. The maximum atomic E-state index is 2.60. The summed E-state index contributed by atoms with van der Waals surface area (Å²) in [6, 6.07) is 6.50. The molecule has 19 heavy (non-hydrogen) atoms. The van der Waals surface area contributed by atoms with Gasteiger partial charge in [0.1, 0.15) is 7.05 Å². The van der Waals surface area contributed by atoms with Crippen LogP contribution in [-0.2, 0) is 7.05 Å². The molecule has 4 rings (SSSR count). The Morgan fingerprint density at radius 3 is 2.53 bits per heavy atom. The van der Waals surface area contributed by atoms with Gasteiger partial charge in [0.15, 0.2) is 6.20 Å². The Labute approximate surface area is 115 Å². The monoisotopic (exact) mass is 252 g/mol. The first-order chi connectivity index (χ1) is 9.24. The predicted octanol–water partition coefficient (Wildman–Crippen LogP) is 3.52. The predicted molar refractivity (Wildman–Crippen MR) is 77.2 cm³/mol. The van der Waals surface area contributed by atoms with Crippen LogP contribution in [0.1, 0.15) is 31.9 Å². The fourth-order valence-electron chi connectivity index (χ4n) is 4.67. The first kappa shape index (κ1) is 11.5. The fraction of sp³-hybridized carbons (Fsp3) is 0.500. The molecule has 0 spiro atoms. The number of fused-ring (bicyclic) bond motifs is 5. The largest absolute Gasteiger partial charge is 0.212 e. The zero-order valence-electron chi connectivity index (χ0n) is 11.8. The number of allylic oxidation sites excluding steroid dienone is 4. The summed E-state index contributed by atoms with van der Waals surface area (Å²) >= 11 is 0. The van der Waals surface area contributed by atoms with Gasteiger partial charge in [-0.1, -0.05) is 12.2 Å². The molecule has 0 saturated heterocycles. The van der Waals surface area contributed by atoms with Gasteiger partial charge in [-0.3, -0.25) is 0 Å². The Kier molecular flexibility index (Phi) is 2.45. The molecule has 1 nitrogen and oxygen atoms in total. The topological polar surface area (TPSA) is 3.88 Å². The van der Waals surface area contributed by atoms with Crippen LogP contribution in [0.4, 0.5) is 0 Å². The Morgan fingerprint density at radius 1 is 1.05 bits per heavy atom. The highest BCUT2D eigenvalue weighted by Crippen LogP contribution is 2.56. The molecule has 4 atom stereocenters. The lowest BCUT2D eigenvalue weighted by atomic mass is 9.73. The van der Waals surface area contributed by atoms with E-state index in [1.807, 2.05) is 0 Å². The van der Waals surface area contributed by atoms with Crippen molar-refractivity contribution in [2.45, 2.75) is 26.2 Å². The Morgan fingerprint density at radius 2 is 1.79 bits per heavy atom. The third-order valence-corrected chi connectivity index (χ3v) is 5.60. The van der Waals surface area contributed by atoms with E-state index in [9.17, 15) is 0 Å². The van der Waals surface area contributed by atoms with Gasteiger partial charge in [0.05, 0.1) is 0 Å². The third kappa shape index (κ3) is 1.64. The van der Waals surface area contributed by atoms with E-state index in [1.54, 1.807) is 0 Å². The number of rotatable bonds is 1. The van der Waals surface area contributed by atoms with Gasteiger partial charge in [0, 0.05) is 17.7 Å². The normalized spacial score (nSPS) is 35.9. The average molecular weight is 252 g/mol. The van der Waals surface area contributed by atoms with Crippen LogP contribution in [0.15, 0.2) is 42.1 Å². The van der Waals surface area contributed by atoms with E-state index in [0.717, 1.165) is 23.7 Å². The molecular formula is C18H22N+. The second kappa shape index (κ2) is 4.06. The van der Waals surface area contributed by atoms with Gasteiger partial charge >= 0.3 is 0 Å². The van der Waals surface area contributed by atoms with Gasteiger partial charge in [-0.25, -0.2) is 4.57 Å². The first-order valence-corrected chi connectivity index (χ1v) is 7.59. The number of aryl methyl sites for hydroxylation is 1. The van der Waals surface area contributed by atoms with Gasteiger partial charge < -0.3 is 0 Å². The zero-order chi connectivity index (χ0) is 13.0. The molecule has 0 N–H and O–H groups in total. The van der Waals surface area contributed by atoms with Gasteiger partial charge in [-0.05, 0) is 61.5 Å². The van der Waals surface area contributed by atoms with E-state index in [0.29, 0.717) is 0 Å². The number of hydrogen-bond acceptors (Lipinski definition) is 0. The summed E-state index contributed by atoms with van der Waals surface area (Å²) in [5.41, 5.74) is 4.31. The van der Waals surface area contributed by atoms with E-state index < -0.39 is 0 Å². The van der Waals surface area contributed by atoms with Crippen molar-refractivity contribution >= 4 is 5.57 Å². The number of aromatic nitrogens is 1. The molecule has 3 aliphatic carbocycles. The van der Waals surface area contributed by atoms with Crippen molar-refractivity contribution in [1.82, 2.24) is 0 Å². The first-order valence-electron chi connectivity index (χ1n) is 7.59. The highest BCUT2D eigenvalue weighted by molar-refractivity contribution is 5.76. The van der Waals surface area contributed by atoms with Crippen LogP contribution in [0, 0.1) is 23.7 Å². The van der Waals surface area contributed by atoms with Gasteiger partial charge in [-0.15, -0.1) is 0 Å². The molecular weight excluding hydrogens is 230 g/mol.